The van der Waals surface area contributed by atoms with Crippen molar-refractivity contribution in [2.24, 2.45) is 28.5 Å². The molecular formula is C25H35N5O2. The number of benzene rings is 1. The van der Waals surface area contributed by atoms with E-state index in [4.69, 9.17) is 20.9 Å². The lowest BCUT2D eigenvalue weighted by Crippen LogP contribution is -2.32. The molecule has 1 aromatic carbocycles. The lowest BCUT2D eigenvalue weighted by molar-refractivity contribution is -0.114. The summed E-state index contributed by atoms with van der Waals surface area (Å²) in [6, 6.07) is 7.51. The smallest absolute Gasteiger partial charge is 0.221 e. The van der Waals surface area contributed by atoms with Crippen molar-refractivity contribution in [3.8, 4) is 0 Å². The van der Waals surface area contributed by atoms with E-state index in [1.807, 2.05) is 12.1 Å². The first-order valence-corrected chi connectivity index (χ1v) is 11.7. The maximum atomic E-state index is 11.1. The Morgan fingerprint density at radius 1 is 1.19 bits per heavy atom. The molecule has 0 spiro atoms. The van der Waals surface area contributed by atoms with Crippen molar-refractivity contribution in [3.63, 3.8) is 0 Å². The fraction of sp³-hybridized carbons (Fsp3) is 0.560. The van der Waals surface area contributed by atoms with Gasteiger partial charge >= 0.3 is 0 Å². The van der Waals surface area contributed by atoms with E-state index in [2.05, 4.69) is 10.2 Å². The van der Waals surface area contributed by atoms with Crippen molar-refractivity contribution in [3.05, 3.63) is 42.0 Å². The van der Waals surface area contributed by atoms with Gasteiger partial charge in [0.05, 0.1) is 11.8 Å². The average Bonchev–Trinajstić information content (AvgIpc) is 3.30. The van der Waals surface area contributed by atoms with Gasteiger partial charge in [-0.05, 0) is 73.3 Å². The number of hydrogen-bond donors (Lipinski definition) is 3. The first-order chi connectivity index (χ1) is 15.5. The molecule has 4 rings (SSSR count). The highest BCUT2D eigenvalue weighted by Gasteiger charge is 2.41. The van der Waals surface area contributed by atoms with Crippen LogP contribution in [0, 0.1) is 23.2 Å². The third-order valence-electron chi connectivity index (χ3n) is 6.93. The van der Waals surface area contributed by atoms with Crippen molar-refractivity contribution in [1.82, 2.24) is 4.90 Å². The highest BCUT2D eigenvalue weighted by Crippen LogP contribution is 2.40. The molecule has 7 nitrogen and oxygen atoms in total. The lowest BCUT2D eigenvalue weighted by atomic mass is 10.00. The van der Waals surface area contributed by atoms with Crippen molar-refractivity contribution in [1.29, 1.82) is 5.41 Å². The average molecular weight is 438 g/mol. The number of nitrogens with zero attached hydrogens (tertiary/aromatic N) is 2. The highest BCUT2D eigenvalue weighted by atomic mass is 16.5. The molecule has 2 saturated heterocycles. The summed E-state index contributed by atoms with van der Waals surface area (Å²) in [7, 11) is 0. The van der Waals surface area contributed by atoms with Gasteiger partial charge in [0, 0.05) is 45.5 Å². The number of aliphatic imine (C=N–C) groups is 1. The molecule has 0 aromatic heterocycles. The molecule has 32 heavy (non-hydrogen) atoms. The Bertz CT molecular complexity index is 859. The summed E-state index contributed by atoms with van der Waals surface area (Å²) in [5.74, 6) is 2.66. The number of nitrogens with one attached hydrogen (secondary N) is 2. The number of hydrogen-bond acceptors (Lipinski definition) is 5. The van der Waals surface area contributed by atoms with Gasteiger partial charge in [-0.15, -0.1) is 0 Å². The molecule has 3 fully saturated rings. The molecule has 2 aliphatic heterocycles. The number of rotatable bonds is 7. The molecule has 0 radical (unpaired) electrons. The Morgan fingerprint density at radius 2 is 1.84 bits per heavy atom. The van der Waals surface area contributed by atoms with Crippen molar-refractivity contribution < 1.29 is 9.53 Å². The predicted molar refractivity (Wildman–Crippen MR) is 128 cm³/mol. The SMILES string of the molecule is CC(=O)Nc1ccc(C(=N)/C=C\C(N)=NC2C[C@@H]3CN(CC4CCOCC4)C[C@@H]3C2)cc1. The fourth-order valence-electron chi connectivity index (χ4n) is 5.37. The highest BCUT2D eigenvalue weighted by molar-refractivity contribution is 6.10. The number of amidine groups is 1. The van der Waals surface area contributed by atoms with Crippen LogP contribution in [-0.2, 0) is 9.53 Å². The van der Waals surface area contributed by atoms with Crippen LogP contribution in [0.1, 0.15) is 38.2 Å². The largest absolute Gasteiger partial charge is 0.384 e. The van der Waals surface area contributed by atoms with E-state index in [0.29, 0.717) is 17.6 Å². The maximum absolute atomic E-state index is 11.1. The molecule has 1 aromatic rings. The van der Waals surface area contributed by atoms with Crippen LogP contribution in [0.15, 0.2) is 41.4 Å². The molecular weight excluding hydrogens is 402 g/mol. The number of fused-ring (bicyclic) bond motifs is 1. The van der Waals surface area contributed by atoms with Crippen LogP contribution in [0.25, 0.3) is 0 Å². The van der Waals surface area contributed by atoms with Gasteiger partial charge in [0.1, 0.15) is 5.84 Å². The minimum atomic E-state index is -0.111. The molecule has 3 atom stereocenters. The van der Waals surface area contributed by atoms with Crippen LogP contribution in [0.4, 0.5) is 5.69 Å². The second kappa shape index (κ2) is 10.4. The van der Waals surface area contributed by atoms with Gasteiger partial charge in [0.15, 0.2) is 0 Å². The van der Waals surface area contributed by atoms with Crippen molar-refractivity contribution >= 4 is 23.1 Å². The lowest BCUT2D eigenvalue weighted by Gasteiger charge is -2.27. The minimum Gasteiger partial charge on any atom is -0.384 e. The van der Waals surface area contributed by atoms with Gasteiger partial charge in [-0.3, -0.25) is 9.79 Å². The van der Waals surface area contributed by atoms with Crippen LogP contribution in [0.2, 0.25) is 0 Å². The molecule has 172 valence electrons. The second-order valence-corrected chi connectivity index (χ2v) is 9.48. The summed E-state index contributed by atoms with van der Waals surface area (Å²) in [5, 5.41) is 11.0. The number of amides is 1. The summed E-state index contributed by atoms with van der Waals surface area (Å²) in [6.07, 6.45) is 8.07. The zero-order valence-electron chi connectivity index (χ0n) is 18.9. The van der Waals surface area contributed by atoms with Crippen LogP contribution < -0.4 is 11.1 Å². The monoisotopic (exact) mass is 437 g/mol. The normalized spacial score (nSPS) is 27.0. The molecule has 1 aliphatic carbocycles. The van der Waals surface area contributed by atoms with E-state index in [0.717, 1.165) is 55.1 Å². The fourth-order valence-corrected chi connectivity index (χ4v) is 5.37. The van der Waals surface area contributed by atoms with Crippen LogP contribution in [0.3, 0.4) is 0 Å². The van der Waals surface area contributed by atoms with Gasteiger partial charge in [0.2, 0.25) is 5.91 Å². The summed E-state index contributed by atoms with van der Waals surface area (Å²) in [6.45, 7) is 6.94. The maximum Gasteiger partial charge on any atom is 0.221 e. The summed E-state index contributed by atoms with van der Waals surface area (Å²) in [4.78, 5) is 18.5. The molecule has 2 heterocycles. The number of likely N-dealkylation sites (tertiary alicyclic amines) is 1. The van der Waals surface area contributed by atoms with Gasteiger partial charge in [-0.1, -0.05) is 12.1 Å². The summed E-state index contributed by atoms with van der Waals surface area (Å²) >= 11 is 0. The zero-order chi connectivity index (χ0) is 22.5. The van der Waals surface area contributed by atoms with E-state index in [-0.39, 0.29) is 5.91 Å². The molecule has 1 amide bonds. The Balaban J connectivity index is 1.24. The number of ether oxygens (including phenoxy) is 1. The zero-order valence-corrected chi connectivity index (χ0v) is 18.9. The molecule has 7 heteroatoms. The Labute approximate surface area is 190 Å². The molecule has 1 unspecified atom stereocenters. The molecule has 4 N–H and O–H groups in total. The number of nitrogens with two attached hydrogens (primary N) is 1. The molecule has 3 aliphatic rings. The number of carbonyl (C=O) groups is 1. The van der Waals surface area contributed by atoms with Crippen molar-refractivity contribution in [2.75, 3.05) is 38.2 Å². The Kier molecular flexibility index (Phi) is 7.37. The quantitative estimate of drug-likeness (QED) is 0.450. The minimum absolute atomic E-state index is 0.111. The van der Waals surface area contributed by atoms with E-state index >= 15 is 0 Å². The standard InChI is InChI=1S/C25H35N5O2/c1-17(31)28-22-4-2-19(3-5-22)24(26)6-7-25(27)29-23-12-20-15-30(16-21(20)13-23)14-18-8-10-32-11-9-18/h2-7,18,20-21,23,26H,8-16H2,1H3,(H2,27,29)(H,28,31)/b7-6-,26-24?/t20-,21+,23?. The second-order valence-electron chi connectivity index (χ2n) is 9.48. The number of allylic oxidation sites excluding steroid dienone is 1. The topological polar surface area (TPSA) is 104 Å². The van der Waals surface area contributed by atoms with Crippen LogP contribution in [-0.4, -0.2) is 61.2 Å². The van der Waals surface area contributed by atoms with Gasteiger partial charge in [-0.2, -0.15) is 0 Å². The van der Waals surface area contributed by atoms with Gasteiger partial charge in [-0.25, -0.2) is 0 Å². The van der Waals surface area contributed by atoms with E-state index in [1.54, 1.807) is 24.3 Å². The van der Waals surface area contributed by atoms with E-state index in [9.17, 15) is 4.79 Å². The first kappa shape index (κ1) is 22.7. The summed E-state index contributed by atoms with van der Waals surface area (Å²) in [5.41, 5.74) is 8.01. The number of anilines is 1. The summed E-state index contributed by atoms with van der Waals surface area (Å²) < 4.78 is 5.49. The van der Waals surface area contributed by atoms with E-state index in [1.165, 1.54) is 39.4 Å². The molecule has 0 bridgehead atoms. The van der Waals surface area contributed by atoms with Gasteiger partial charge in [0.25, 0.3) is 0 Å². The van der Waals surface area contributed by atoms with Crippen LogP contribution >= 0.6 is 0 Å². The van der Waals surface area contributed by atoms with Crippen molar-refractivity contribution in [2.45, 2.75) is 38.6 Å². The Hall–Kier alpha value is -2.51. The third-order valence-corrected chi connectivity index (χ3v) is 6.93. The number of carbonyl (C=O) groups excluding carboxylic acids is 1. The third kappa shape index (κ3) is 6.04. The van der Waals surface area contributed by atoms with Gasteiger partial charge < -0.3 is 26.1 Å². The molecule has 1 saturated carbocycles. The van der Waals surface area contributed by atoms with E-state index < -0.39 is 0 Å². The Morgan fingerprint density at radius 3 is 2.47 bits per heavy atom. The first-order valence-electron chi connectivity index (χ1n) is 11.7. The predicted octanol–water partition coefficient (Wildman–Crippen LogP) is 3.06. The van der Waals surface area contributed by atoms with Crippen LogP contribution in [0.5, 0.6) is 0 Å².